The molecule has 0 unspecified atom stereocenters. The molecule has 0 aromatic heterocycles. The van der Waals surface area contributed by atoms with Gasteiger partial charge in [-0.3, -0.25) is 9.59 Å². The molecule has 84 valence electrons. The van der Waals surface area contributed by atoms with Crippen LogP contribution in [0.25, 0.3) is 0 Å². The number of aromatic hydroxyl groups is 1. The van der Waals surface area contributed by atoms with E-state index >= 15 is 0 Å². The molecule has 2 N–H and O–H groups in total. The van der Waals surface area contributed by atoms with Crippen molar-refractivity contribution in [2.24, 2.45) is 0 Å². The molecule has 0 atom stereocenters. The van der Waals surface area contributed by atoms with E-state index in [4.69, 9.17) is 5.11 Å². The number of nitrogens with one attached hydrogen (secondary N) is 1. The lowest BCUT2D eigenvalue weighted by Crippen LogP contribution is -2.32. The molecule has 16 heavy (non-hydrogen) atoms. The molecule has 0 saturated heterocycles. The van der Waals surface area contributed by atoms with Crippen LogP contribution < -0.4 is 16.2 Å². The van der Waals surface area contributed by atoms with E-state index in [-0.39, 0.29) is 13.1 Å². The first-order valence-electron chi connectivity index (χ1n) is 4.45. The zero-order valence-corrected chi connectivity index (χ0v) is 8.07. The van der Waals surface area contributed by atoms with Gasteiger partial charge in [0.2, 0.25) is 0 Å². The molecule has 0 aliphatic rings. The first-order valence-corrected chi connectivity index (χ1v) is 4.45. The van der Waals surface area contributed by atoms with E-state index in [0.29, 0.717) is 5.69 Å². The van der Waals surface area contributed by atoms with Crippen molar-refractivity contribution in [2.45, 2.75) is 14.4 Å². The SMILES string of the molecule is C.Cc1ccc(Nc2c(O)c(=O)c2=O)cc1. The Morgan fingerprint density at radius 3 is 2.12 bits per heavy atom. The predicted molar refractivity (Wildman–Crippen MR) is 64.2 cm³/mol. The molecular weight excluding hydrogens is 206 g/mol. The zero-order valence-electron chi connectivity index (χ0n) is 8.07. The number of anilines is 2. The Hall–Kier alpha value is -2.10. The molecule has 0 fully saturated rings. The van der Waals surface area contributed by atoms with Crippen LogP contribution in [0.2, 0.25) is 0 Å². The van der Waals surface area contributed by atoms with Gasteiger partial charge in [0, 0.05) is 5.69 Å². The summed E-state index contributed by atoms with van der Waals surface area (Å²) in [6.45, 7) is 1.94. The lowest BCUT2D eigenvalue weighted by Gasteiger charge is -2.08. The van der Waals surface area contributed by atoms with Gasteiger partial charge in [-0.15, -0.1) is 0 Å². The van der Waals surface area contributed by atoms with Gasteiger partial charge >= 0.3 is 0 Å². The topological polar surface area (TPSA) is 66.4 Å². The van der Waals surface area contributed by atoms with Crippen molar-refractivity contribution in [1.29, 1.82) is 0 Å². The van der Waals surface area contributed by atoms with E-state index in [2.05, 4.69) is 5.32 Å². The van der Waals surface area contributed by atoms with Crippen LogP contribution in [0.3, 0.4) is 0 Å². The highest BCUT2D eigenvalue weighted by atomic mass is 16.3. The Labute approximate surface area is 92.9 Å². The van der Waals surface area contributed by atoms with Crippen molar-refractivity contribution < 1.29 is 5.11 Å². The maximum atomic E-state index is 11.0. The molecule has 4 heteroatoms. The maximum Gasteiger partial charge on any atom is 0.271 e. The van der Waals surface area contributed by atoms with Gasteiger partial charge < -0.3 is 10.4 Å². The molecule has 0 bridgehead atoms. The van der Waals surface area contributed by atoms with Crippen LogP contribution in [-0.2, 0) is 0 Å². The number of rotatable bonds is 2. The quantitative estimate of drug-likeness (QED) is 0.754. The fourth-order valence-corrected chi connectivity index (χ4v) is 1.28. The van der Waals surface area contributed by atoms with Gasteiger partial charge in [0.15, 0.2) is 5.75 Å². The van der Waals surface area contributed by atoms with Crippen molar-refractivity contribution in [3.8, 4) is 5.75 Å². The normalized spacial score (nSPS) is 9.81. The Morgan fingerprint density at radius 2 is 1.62 bits per heavy atom. The molecule has 0 heterocycles. The minimum atomic E-state index is -0.829. The summed E-state index contributed by atoms with van der Waals surface area (Å²) in [5, 5.41) is 11.8. The summed E-state index contributed by atoms with van der Waals surface area (Å²) in [4.78, 5) is 21.7. The fourth-order valence-electron chi connectivity index (χ4n) is 1.28. The number of hydrogen-bond acceptors (Lipinski definition) is 4. The zero-order chi connectivity index (χ0) is 11.0. The molecule has 2 rings (SSSR count). The number of aryl methyl sites for hydroxylation is 1. The molecule has 4 nitrogen and oxygen atoms in total. The van der Waals surface area contributed by atoms with Crippen LogP contribution in [0, 0.1) is 6.92 Å². The van der Waals surface area contributed by atoms with Crippen molar-refractivity contribution in [1.82, 2.24) is 0 Å². The van der Waals surface area contributed by atoms with E-state index < -0.39 is 16.6 Å². The van der Waals surface area contributed by atoms with Crippen molar-refractivity contribution in [3.05, 3.63) is 50.3 Å². The van der Waals surface area contributed by atoms with E-state index in [1.165, 1.54) is 0 Å². The Morgan fingerprint density at radius 1 is 1.06 bits per heavy atom. The van der Waals surface area contributed by atoms with E-state index in [0.717, 1.165) is 5.56 Å². The third-order valence-corrected chi connectivity index (χ3v) is 2.21. The van der Waals surface area contributed by atoms with E-state index in [1.54, 1.807) is 12.1 Å². The van der Waals surface area contributed by atoms with Gasteiger partial charge in [0.05, 0.1) is 0 Å². The molecule has 2 aromatic carbocycles. The highest BCUT2D eigenvalue weighted by molar-refractivity contribution is 5.69. The minimum Gasteiger partial charge on any atom is -0.502 e. The summed E-state index contributed by atoms with van der Waals surface area (Å²) in [5.41, 5.74) is 0.235. The molecule has 0 aliphatic carbocycles. The second-order valence-electron chi connectivity index (χ2n) is 3.37. The van der Waals surface area contributed by atoms with Gasteiger partial charge in [0.1, 0.15) is 5.69 Å². The summed E-state index contributed by atoms with van der Waals surface area (Å²) in [6, 6.07) is 7.27. The minimum absolute atomic E-state index is 0. The largest absolute Gasteiger partial charge is 0.502 e. The van der Waals surface area contributed by atoms with Crippen LogP contribution in [0.5, 0.6) is 5.75 Å². The number of hydrogen-bond donors (Lipinski definition) is 2. The maximum absolute atomic E-state index is 11.0. The average molecular weight is 219 g/mol. The molecule has 0 saturated carbocycles. The van der Waals surface area contributed by atoms with Crippen LogP contribution in [0.4, 0.5) is 11.4 Å². The molecular formula is C12H13NO3. The summed E-state index contributed by atoms with van der Waals surface area (Å²) >= 11 is 0. The predicted octanol–water partition coefficient (Wildman–Crippen LogP) is 1.68. The molecule has 0 amide bonds. The second kappa shape index (κ2) is 4.18. The Bertz CT molecular complexity index is 563. The average Bonchev–Trinajstić information content (AvgIpc) is 2.27. The second-order valence-corrected chi connectivity index (χ2v) is 3.37. The van der Waals surface area contributed by atoms with Crippen molar-refractivity contribution >= 4 is 11.4 Å². The molecule has 0 aliphatic heterocycles. The standard InChI is InChI=1S/C11H9NO3.CH4/c1-6-2-4-7(5-3-6)12-8-9(13)11(15)10(8)14;/h2-5,12-13H,1H3;1H4. The van der Waals surface area contributed by atoms with Gasteiger partial charge in [-0.25, -0.2) is 0 Å². The van der Waals surface area contributed by atoms with Crippen LogP contribution in [0.1, 0.15) is 13.0 Å². The lowest BCUT2D eigenvalue weighted by molar-refractivity contribution is 0.466. The van der Waals surface area contributed by atoms with Crippen LogP contribution in [-0.4, -0.2) is 5.11 Å². The first-order chi connectivity index (χ1) is 7.09. The fraction of sp³-hybridized carbons (Fsp3) is 0.167. The number of benzene rings is 1. The third kappa shape index (κ3) is 1.82. The highest BCUT2D eigenvalue weighted by Gasteiger charge is 2.19. The van der Waals surface area contributed by atoms with E-state index in [1.807, 2.05) is 19.1 Å². The van der Waals surface area contributed by atoms with Gasteiger partial charge in [-0.1, -0.05) is 25.1 Å². The first kappa shape index (κ1) is 12.0. The highest BCUT2D eigenvalue weighted by Crippen LogP contribution is 2.20. The summed E-state index contributed by atoms with van der Waals surface area (Å²) in [6.07, 6.45) is 0. The monoisotopic (exact) mass is 219 g/mol. The van der Waals surface area contributed by atoms with Crippen molar-refractivity contribution in [2.75, 3.05) is 5.32 Å². The van der Waals surface area contributed by atoms with Gasteiger partial charge in [-0.2, -0.15) is 0 Å². The van der Waals surface area contributed by atoms with E-state index in [9.17, 15) is 9.59 Å². The molecule has 2 aromatic rings. The van der Waals surface area contributed by atoms with Crippen LogP contribution in [0.15, 0.2) is 33.9 Å². The summed E-state index contributed by atoms with van der Waals surface area (Å²) < 4.78 is 0. The van der Waals surface area contributed by atoms with Crippen LogP contribution >= 0.6 is 0 Å². The lowest BCUT2D eigenvalue weighted by atomic mass is 10.2. The summed E-state index contributed by atoms with van der Waals surface area (Å²) in [5.74, 6) is -0.486. The smallest absolute Gasteiger partial charge is 0.271 e. The Balaban J connectivity index is 0.00000128. The summed E-state index contributed by atoms with van der Waals surface area (Å²) in [7, 11) is 0. The Kier molecular flexibility index (Phi) is 3.13. The van der Waals surface area contributed by atoms with Gasteiger partial charge in [-0.05, 0) is 19.1 Å². The van der Waals surface area contributed by atoms with Crippen molar-refractivity contribution in [3.63, 3.8) is 0 Å². The molecule has 0 radical (unpaired) electrons. The molecule has 0 spiro atoms. The van der Waals surface area contributed by atoms with Gasteiger partial charge in [0.25, 0.3) is 10.9 Å². The third-order valence-electron chi connectivity index (χ3n) is 2.21.